The van der Waals surface area contributed by atoms with Gasteiger partial charge in [-0.25, -0.2) is 0 Å². The summed E-state index contributed by atoms with van der Waals surface area (Å²) in [4.78, 5) is 4.18. The number of nitrogens with zero attached hydrogens (tertiary/aromatic N) is 2. The Labute approximate surface area is 105 Å². The van der Waals surface area contributed by atoms with Gasteiger partial charge in [-0.15, -0.1) is 4.37 Å². The highest BCUT2D eigenvalue weighted by Gasteiger charge is 2.02. The van der Waals surface area contributed by atoms with Gasteiger partial charge in [-0.2, -0.15) is 11.8 Å². The summed E-state index contributed by atoms with van der Waals surface area (Å²) in [5.41, 5.74) is 5.92. The lowest BCUT2D eigenvalue weighted by atomic mass is 10.5. The fourth-order valence-electron chi connectivity index (χ4n) is 1.19. The number of aromatic amines is 1. The molecule has 0 fully saturated rings. The summed E-state index contributed by atoms with van der Waals surface area (Å²) >= 11 is 0.257. The first kappa shape index (κ1) is 12.2. The lowest BCUT2D eigenvalue weighted by molar-refractivity contribution is 0.530. The van der Waals surface area contributed by atoms with Crippen LogP contribution in [0.3, 0.4) is 0 Å². The fraction of sp³-hybridized carbons (Fsp3) is 0.333. The zero-order valence-corrected chi connectivity index (χ0v) is 10.6. The van der Waals surface area contributed by atoms with Gasteiger partial charge in [0.2, 0.25) is 11.3 Å². The molecule has 2 aromatic heterocycles. The zero-order chi connectivity index (χ0) is 12.1. The first-order valence-corrected chi connectivity index (χ1v) is 7.19. The van der Waals surface area contributed by atoms with E-state index in [0.717, 1.165) is 17.3 Å². The molecule has 1 unspecified atom stereocenters. The maximum atomic E-state index is 10.9. The Bertz CT molecular complexity index is 517. The maximum Gasteiger partial charge on any atom is 0.229 e. The monoisotopic (exact) mass is 272 g/mol. The minimum atomic E-state index is -1.45. The molecule has 2 heterocycles. The lowest BCUT2D eigenvalue weighted by Gasteiger charge is -1.94. The van der Waals surface area contributed by atoms with Crippen LogP contribution in [0, 0.1) is 0 Å². The summed E-state index contributed by atoms with van der Waals surface area (Å²) < 4.78 is 22.3. The van der Waals surface area contributed by atoms with Crippen molar-refractivity contribution < 1.29 is 8.97 Å². The molecule has 8 heteroatoms. The highest BCUT2D eigenvalue weighted by molar-refractivity contribution is 7.98. The van der Waals surface area contributed by atoms with E-state index in [1.54, 1.807) is 18.0 Å². The number of furan rings is 1. The van der Waals surface area contributed by atoms with Crippen LogP contribution in [0.2, 0.25) is 0 Å². The molecule has 1 atom stereocenters. The number of H-pyrrole nitrogens is 1. The van der Waals surface area contributed by atoms with Crippen molar-refractivity contribution in [3.63, 3.8) is 0 Å². The summed E-state index contributed by atoms with van der Waals surface area (Å²) in [5.74, 6) is 2.82. The van der Waals surface area contributed by atoms with Crippen LogP contribution in [-0.4, -0.2) is 25.6 Å². The number of nitrogens with two attached hydrogens (primary N) is 1. The van der Waals surface area contributed by atoms with E-state index >= 15 is 0 Å². The van der Waals surface area contributed by atoms with E-state index in [4.69, 9.17) is 10.2 Å². The Morgan fingerprint density at radius 1 is 1.65 bits per heavy atom. The van der Waals surface area contributed by atoms with E-state index in [1.165, 1.54) is 0 Å². The van der Waals surface area contributed by atoms with Gasteiger partial charge in [-0.05, 0) is 12.1 Å². The molecule has 0 saturated heterocycles. The number of thioether (sulfide) groups is 1. The fourth-order valence-corrected chi connectivity index (χ4v) is 2.57. The third kappa shape index (κ3) is 3.62. The van der Waals surface area contributed by atoms with Crippen molar-refractivity contribution in [3.8, 4) is 0 Å². The van der Waals surface area contributed by atoms with E-state index in [0.29, 0.717) is 12.0 Å². The average Bonchev–Trinajstić information content (AvgIpc) is 2.89. The van der Waals surface area contributed by atoms with Gasteiger partial charge in [0, 0.05) is 10.1 Å². The second kappa shape index (κ2) is 5.89. The molecule has 2 aromatic rings. The molecule has 6 nitrogen and oxygen atoms in total. The van der Waals surface area contributed by atoms with Crippen molar-refractivity contribution in [2.24, 2.45) is 4.99 Å². The predicted molar refractivity (Wildman–Crippen MR) is 67.0 cm³/mol. The number of hydrogen-bond acceptors (Lipinski definition) is 6. The van der Waals surface area contributed by atoms with Gasteiger partial charge in [-0.1, -0.05) is 0 Å². The van der Waals surface area contributed by atoms with Crippen molar-refractivity contribution in [1.82, 2.24) is 8.75 Å². The number of rotatable bonds is 5. The van der Waals surface area contributed by atoms with Crippen molar-refractivity contribution in [3.05, 3.63) is 29.6 Å². The Morgan fingerprint density at radius 2 is 2.53 bits per heavy atom. The molecular weight excluding hydrogens is 260 g/mol. The van der Waals surface area contributed by atoms with Crippen LogP contribution in [0.1, 0.15) is 5.76 Å². The molecule has 3 N–H and O–H groups in total. The molecule has 0 aliphatic carbocycles. The van der Waals surface area contributed by atoms with E-state index in [1.807, 2.05) is 12.1 Å². The normalized spacial score (nSPS) is 13.2. The van der Waals surface area contributed by atoms with Crippen LogP contribution < -0.4 is 11.2 Å². The van der Waals surface area contributed by atoms with Gasteiger partial charge in [-0.3, -0.25) is 4.99 Å². The third-order valence-corrected chi connectivity index (χ3v) is 3.63. The van der Waals surface area contributed by atoms with Crippen LogP contribution in [0.4, 0.5) is 5.82 Å². The van der Waals surface area contributed by atoms with Crippen molar-refractivity contribution in [2.45, 2.75) is 5.75 Å². The topological polar surface area (TPSA) is 103 Å². The molecule has 92 valence electrons. The van der Waals surface area contributed by atoms with E-state index < -0.39 is 11.1 Å². The van der Waals surface area contributed by atoms with Crippen LogP contribution in [0.15, 0.2) is 27.8 Å². The average molecular weight is 272 g/mol. The summed E-state index contributed by atoms with van der Waals surface area (Å²) in [7, 11) is 0. The summed E-state index contributed by atoms with van der Waals surface area (Å²) in [5, 5.41) is 0. The minimum Gasteiger partial charge on any atom is -0.548 e. The van der Waals surface area contributed by atoms with Gasteiger partial charge in [0.25, 0.3) is 0 Å². The quantitative estimate of drug-likeness (QED) is 0.627. The van der Waals surface area contributed by atoms with Crippen LogP contribution in [-0.2, 0) is 5.75 Å². The van der Waals surface area contributed by atoms with Gasteiger partial charge in [0.15, 0.2) is 11.1 Å². The first-order valence-electron chi connectivity index (χ1n) is 4.93. The number of nitrogen functional groups attached to an aromatic ring is 1. The summed E-state index contributed by atoms with van der Waals surface area (Å²) in [6, 6.07) is 3.80. The Kier molecular flexibility index (Phi) is 4.24. The van der Waals surface area contributed by atoms with Crippen LogP contribution >= 0.6 is 22.9 Å². The molecule has 0 saturated carbocycles. The van der Waals surface area contributed by atoms with E-state index in [9.17, 15) is 4.55 Å². The molecule has 0 aromatic carbocycles. The Morgan fingerprint density at radius 3 is 3.18 bits per heavy atom. The first-order chi connectivity index (χ1) is 8.25. The van der Waals surface area contributed by atoms with Gasteiger partial charge >= 0.3 is 0 Å². The SMILES string of the molecule is Nc1n[s+]([O-])[nH]c1=NCCSCc1ccco1. The molecule has 0 bridgehead atoms. The number of nitrogens with one attached hydrogen (secondary N) is 1. The summed E-state index contributed by atoms with van der Waals surface area (Å²) in [6.45, 7) is 0.598. The van der Waals surface area contributed by atoms with Crippen LogP contribution in [0.25, 0.3) is 0 Å². The molecule has 0 radical (unpaired) electrons. The third-order valence-electron chi connectivity index (χ3n) is 1.94. The number of hydrogen-bond donors (Lipinski definition) is 2. The zero-order valence-electron chi connectivity index (χ0n) is 8.96. The largest absolute Gasteiger partial charge is 0.548 e. The lowest BCUT2D eigenvalue weighted by Crippen LogP contribution is -2.09. The Balaban J connectivity index is 1.76. The van der Waals surface area contributed by atoms with Gasteiger partial charge in [0.1, 0.15) is 5.76 Å². The summed E-state index contributed by atoms with van der Waals surface area (Å²) in [6.07, 6.45) is 1.66. The number of aromatic nitrogens is 2. The smallest absolute Gasteiger partial charge is 0.229 e. The molecule has 0 aliphatic heterocycles. The predicted octanol–water partition coefficient (Wildman–Crippen LogP) is 1.15. The second-order valence-corrected chi connectivity index (χ2v) is 5.18. The van der Waals surface area contributed by atoms with E-state index in [-0.39, 0.29) is 5.82 Å². The van der Waals surface area contributed by atoms with Crippen molar-refractivity contribution in [1.29, 1.82) is 0 Å². The number of anilines is 1. The highest BCUT2D eigenvalue weighted by Crippen LogP contribution is 2.11. The highest BCUT2D eigenvalue weighted by atomic mass is 32.2. The molecule has 2 rings (SSSR count). The maximum absolute atomic E-state index is 10.9. The Hall–Kier alpha value is -1.25. The molecule has 0 amide bonds. The van der Waals surface area contributed by atoms with Gasteiger partial charge in [0.05, 0.1) is 18.6 Å². The minimum absolute atomic E-state index is 0.208. The van der Waals surface area contributed by atoms with Crippen molar-refractivity contribution >= 4 is 28.7 Å². The standard InChI is InChI=1S/C9H12N4O2S2/c10-8-9(13-17(14)12-8)11-3-5-16-6-7-2-1-4-15-7/h1-2,4H,3,5-6H2,(H2,10,12)(H,11,13). The second-order valence-electron chi connectivity index (χ2n) is 3.19. The molecule has 0 spiro atoms. The van der Waals surface area contributed by atoms with Crippen molar-refractivity contribution in [2.75, 3.05) is 18.0 Å². The molecular formula is C9H12N4O2S2. The molecule has 0 aliphatic rings. The molecule has 17 heavy (non-hydrogen) atoms. The van der Waals surface area contributed by atoms with E-state index in [2.05, 4.69) is 13.7 Å². The van der Waals surface area contributed by atoms with Gasteiger partial charge < -0.3 is 14.7 Å². The van der Waals surface area contributed by atoms with Crippen LogP contribution in [0.5, 0.6) is 0 Å².